The molecule has 3 nitrogen and oxygen atoms in total. The average molecular weight is 281 g/mol. The fourth-order valence-electron chi connectivity index (χ4n) is 2.39. The minimum Gasteiger partial charge on any atom is -0.497 e. The summed E-state index contributed by atoms with van der Waals surface area (Å²) in [4.78, 5) is 0. The Hall–Kier alpha value is -2.26. The van der Waals surface area contributed by atoms with Gasteiger partial charge in [0.2, 0.25) is 0 Å². The zero-order chi connectivity index (χ0) is 14.7. The van der Waals surface area contributed by atoms with Crippen LogP contribution in [0.1, 0.15) is 24.3 Å². The number of hydrogen-bond acceptors (Lipinski definition) is 3. The third-order valence-corrected chi connectivity index (χ3v) is 3.67. The molecule has 0 unspecified atom stereocenters. The van der Waals surface area contributed by atoms with Crippen LogP contribution in [0.2, 0.25) is 0 Å². The van der Waals surface area contributed by atoms with E-state index < -0.39 is 0 Å². The zero-order valence-corrected chi connectivity index (χ0v) is 12.3. The van der Waals surface area contributed by atoms with E-state index in [1.807, 2.05) is 30.3 Å². The number of nitrogens with one attached hydrogen (secondary N) is 1. The van der Waals surface area contributed by atoms with E-state index in [0.717, 1.165) is 22.5 Å². The van der Waals surface area contributed by atoms with Crippen LogP contribution in [0.3, 0.4) is 0 Å². The van der Waals surface area contributed by atoms with Crippen molar-refractivity contribution in [1.29, 1.82) is 0 Å². The maximum Gasteiger partial charge on any atom is 0.134 e. The first kappa shape index (κ1) is 13.7. The third-order valence-electron chi connectivity index (χ3n) is 3.67. The normalized spacial score (nSPS) is 12.5. The SMILES string of the molecule is COc1ccc([C@H](C)NCc2cc3ccccc3o2)cc1. The number of hydrogen-bond donors (Lipinski definition) is 1. The highest BCUT2D eigenvalue weighted by atomic mass is 16.5. The van der Waals surface area contributed by atoms with E-state index in [4.69, 9.17) is 9.15 Å². The van der Waals surface area contributed by atoms with E-state index in [-0.39, 0.29) is 6.04 Å². The Bertz CT molecular complexity index is 682. The average Bonchev–Trinajstić information content (AvgIpc) is 2.95. The van der Waals surface area contributed by atoms with E-state index in [1.165, 1.54) is 5.56 Å². The summed E-state index contributed by atoms with van der Waals surface area (Å²) < 4.78 is 11.0. The summed E-state index contributed by atoms with van der Waals surface area (Å²) in [5.74, 6) is 1.83. The monoisotopic (exact) mass is 281 g/mol. The molecule has 3 rings (SSSR count). The Morgan fingerprint density at radius 2 is 1.86 bits per heavy atom. The molecule has 0 aliphatic heterocycles. The number of para-hydroxylation sites is 1. The van der Waals surface area contributed by atoms with Gasteiger partial charge < -0.3 is 14.5 Å². The van der Waals surface area contributed by atoms with Gasteiger partial charge in [-0.3, -0.25) is 0 Å². The molecule has 0 aliphatic carbocycles. The highest BCUT2D eigenvalue weighted by Gasteiger charge is 2.07. The first-order chi connectivity index (χ1) is 10.3. The fraction of sp³-hybridized carbons (Fsp3) is 0.222. The molecular weight excluding hydrogens is 262 g/mol. The van der Waals surface area contributed by atoms with Crippen LogP contribution in [0, 0.1) is 0 Å². The Balaban J connectivity index is 1.65. The highest BCUT2D eigenvalue weighted by Crippen LogP contribution is 2.21. The van der Waals surface area contributed by atoms with Gasteiger partial charge in [0.1, 0.15) is 17.1 Å². The van der Waals surface area contributed by atoms with E-state index in [1.54, 1.807) is 7.11 Å². The summed E-state index contributed by atoms with van der Waals surface area (Å²) >= 11 is 0. The van der Waals surface area contributed by atoms with E-state index in [2.05, 4.69) is 36.5 Å². The number of benzene rings is 2. The largest absolute Gasteiger partial charge is 0.497 e. The lowest BCUT2D eigenvalue weighted by atomic mass is 10.1. The Kier molecular flexibility index (Phi) is 3.93. The summed E-state index contributed by atoms with van der Waals surface area (Å²) in [6, 6.07) is 18.5. The molecule has 21 heavy (non-hydrogen) atoms. The summed E-state index contributed by atoms with van der Waals surface area (Å²) in [5, 5.41) is 4.62. The van der Waals surface area contributed by atoms with E-state index in [0.29, 0.717) is 6.54 Å². The van der Waals surface area contributed by atoms with E-state index >= 15 is 0 Å². The molecule has 0 saturated heterocycles. The van der Waals surface area contributed by atoms with Gasteiger partial charge in [-0.05, 0) is 36.8 Å². The molecule has 1 N–H and O–H groups in total. The number of rotatable bonds is 5. The zero-order valence-electron chi connectivity index (χ0n) is 12.3. The molecule has 2 aromatic carbocycles. The molecular formula is C18H19NO2. The standard InChI is InChI=1S/C18H19NO2/c1-13(14-7-9-16(20-2)10-8-14)19-12-17-11-15-5-3-4-6-18(15)21-17/h3-11,13,19H,12H2,1-2H3/t13-/m0/s1. The van der Waals surface area contributed by atoms with Crippen molar-refractivity contribution in [3.63, 3.8) is 0 Å². The molecule has 0 saturated carbocycles. The second kappa shape index (κ2) is 6.02. The predicted molar refractivity (Wildman–Crippen MR) is 84.5 cm³/mol. The molecule has 0 amide bonds. The van der Waals surface area contributed by atoms with Gasteiger partial charge in [-0.2, -0.15) is 0 Å². The molecule has 3 heteroatoms. The van der Waals surface area contributed by atoms with Crippen molar-refractivity contribution in [2.45, 2.75) is 19.5 Å². The highest BCUT2D eigenvalue weighted by molar-refractivity contribution is 5.77. The molecule has 1 aromatic heterocycles. The van der Waals surface area contributed by atoms with Gasteiger partial charge in [-0.25, -0.2) is 0 Å². The van der Waals surface area contributed by atoms with Crippen LogP contribution in [0.5, 0.6) is 5.75 Å². The van der Waals surface area contributed by atoms with Crippen molar-refractivity contribution < 1.29 is 9.15 Å². The van der Waals surface area contributed by atoms with Crippen molar-refractivity contribution in [3.05, 3.63) is 65.9 Å². The molecule has 3 aromatic rings. The maximum absolute atomic E-state index is 5.81. The van der Waals surface area contributed by atoms with E-state index in [9.17, 15) is 0 Å². The minimum absolute atomic E-state index is 0.254. The van der Waals surface area contributed by atoms with Crippen molar-refractivity contribution in [2.24, 2.45) is 0 Å². The van der Waals surface area contributed by atoms with Gasteiger partial charge in [-0.1, -0.05) is 30.3 Å². The van der Waals surface area contributed by atoms with Crippen LogP contribution in [0.4, 0.5) is 0 Å². The van der Waals surface area contributed by atoms with Crippen molar-refractivity contribution >= 4 is 11.0 Å². The second-order valence-corrected chi connectivity index (χ2v) is 5.13. The molecule has 0 bridgehead atoms. The second-order valence-electron chi connectivity index (χ2n) is 5.13. The Morgan fingerprint density at radius 3 is 2.57 bits per heavy atom. The van der Waals surface area contributed by atoms with Crippen LogP contribution in [-0.2, 0) is 6.54 Å². The molecule has 0 fully saturated rings. The van der Waals surface area contributed by atoms with Crippen molar-refractivity contribution in [2.75, 3.05) is 7.11 Å². The lowest BCUT2D eigenvalue weighted by Gasteiger charge is -2.13. The molecule has 108 valence electrons. The van der Waals surface area contributed by atoms with Crippen LogP contribution in [0.15, 0.2) is 59.0 Å². The fourth-order valence-corrected chi connectivity index (χ4v) is 2.39. The maximum atomic E-state index is 5.81. The van der Waals surface area contributed by atoms with Crippen LogP contribution in [0.25, 0.3) is 11.0 Å². The minimum atomic E-state index is 0.254. The van der Waals surface area contributed by atoms with Crippen molar-refractivity contribution in [3.8, 4) is 5.75 Å². The van der Waals surface area contributed by atoms with Gasteiger partial charge in [0.05, 0.1) is 13.7 Å². The lowest BCUT2D eigenvalue weighted by Crippen LogP contribution is -2.17. The number of methoxy groups -OCH3 is 1. The Labute approximate surface area is 124 Å². The van der Waals surface area contributed by atoms with Gasteiger partial charge >= 0.3 is 0 Å². The molecule has 0 spiro atoms. The van der Waals surface area contributed by atoms with Crippen LogP contribution >= 0.6 is 0 Å². The molecule has 0 aliphatic rings. The first-order valence-corrected chi connectivity index (χ1v) is 7.11. The molecule has 0 radical (unpaired) electrons. The first-order valence-electron chi connectivity index (χ1n) is 7.11. The third kappa shape index (κ3) is 3.09. The summed E-state index contributed by atoms with van der Waals surface area (Å²) in [6.45, 7) is 2.85. The smallest absolute Gasteiger partial charge is 0.134 e. The topological polar surface area (TPSA) is 34.4 Å². The van der Waals surface area contributed by atoms with Crippen LogP contribution in [-0.4, -0.2) is 7.11 Å². The predicted octanol–water partition coefficient (Wildman–Crippen LogP) is 4.29. The molecule has 1 heterocycles. The van der Waals surface area contributed by atoms with Crippen LogP contribution < -0.4 is 10.1 Å². The number of ether oxygens (including phenoxy) is 1. The van der Waals surface area contributed by atoms with Gasteiger partial charge in [0.25, 0.3) is 0 Å². The number of furan rings is 1. The summed E-state index contributed by atoms with van der Waals surface area (Å²) in [6.07, 6.45) is 0. The Morgan fingerprint density at radius 1 is 1.10 bits per heavy atom. The number of fused-ring (bicyclic) bond motifs is 1. The summed E-state index contributed by atoms with van der Waals surface area (Å²) in [7, 11) is 1.68. The van der Waals surface area contributed by atoms with Crippen molar-refractivity contribution in [1.82, 2.24) is 5.32 Å². The summed E-state index contributed by atoms with van der Waals surface area (Å²) in [5.41, 5.74) is 2.17. The van der Waals surface area contributed by atoms with Gasteiger partial charge in [-0.15, -0.1) is 0 Å². The van der Waals surface area contributed by atoms with Gasteiger partial charge in [0.15, 0.2) is 0 Å². The lowest BCUT2D eigenvalue weighted by molar-refractivity contribution is 0.414. The molecule has 1 atom stereocenters. The quantitative estimate of drug-likeness (QED) is 0.757. The van der Waals surface area contributed by atoms with Gasteiger partial charge in [0, 0.05) is 11.4 Å².